The van der Waals surface area contributed by atoms with Crippen LogP contribution in [0.15, 0.2) is 36.5 Å². The zero-order chi connectivity index (χ0) is 19.4. The Bertz CT molecular complexity index is 898. The summed E-state index contributed by atoms with van der Waals surface area (Å²) in [4.78, 5) is 39.1. The van der Waals surface area contributed by atoms with Crippen LogP contribution in [0.4, 0.5) is 5.69 Å². The molecule has 9 nitrogen and oxygen atoms in total. The molecule has 27 heavy (non-hydrogen) atoms. The van der Waals surface area contributed by atoms with Crippen molar-refractivity contribution in [1.29, 1.82) is 0 Å². The lowest BCUT2D eigenvalue weighted by Gasteiger charge is -2.31. The zero-order valence-corrected chi connectivity index (χ0v) is 14.3. The summed E-state index contributed by atoms with van der Waals surface area (Å²) < 4.78 is 5.30. The molecule has 0 bridgehead atoms. The Balaban J connectivity index is 1.90. The molecule has 142 valence electrons. The van der Waals surface area contributed by atoms with Gasteiger partial charge < -0.3 is 25.3 Å². The topological polar surface area (TPSA) is 132 Å². The lowest BCUT2D eigenvalue weighted by Crippen LogP contribution is -2.42. The summed E-state index contributed by atoms with van der Waals surface area (Å²) in [5, 5.41) is 21.6. The van der Waals surface area contributed by atoms with Crippen molar-refractivity contribution >= 4 is 34.4 Å². The molecule has 1 fully saturated rings. The second kappa shape index (κ2) is 8.02. The monoisotopic (exact) mass is 373 g/mol. The van der Waals surface area contributed by atoms with Crippen molar-refractivity contribution in [3.8, 4) is 0 Å². The number of amides is 1. The average Bonchev–Trinajstić information content (AvgIpc) is 3.04. The SMILES string of the molecule is O=C(O)/C=C/C(=O)Nc1ccc2[nH]cc([C@H](C(=O)O)N3CCOCC3)c2c1. The minimum absolute atomic E-state index is 0.439. The Hall–Kier alpha value is -3.17. The maximum absolute atomic E-state index is 11.9. The number of fused-ring (bicyclic) bond motifs is 1. The minimum Gasteiger partial charge on any atom is -0.480 e. The standard InChI is InChI=1S/C18H19N3O6/c22-15(3-4-16(23)24)20-11-1-2-14-12(9-11)13(10-19-14)17(18(25)26)21-5-7-27-8-6-21/h1-4,9-10,17,19H,5-8H2,(H,20,22)(H,23,24)(H,25,26)/b4-3+/t17-/m1/s1. The van der Waals surface area contributed by atoms with Crippen molar-refractivity contribution in [2.24, 2.45) is 0 Å². The highest BCUT2D eigenvalue weighted by atomic mass is 16.5. The number of carboxylic acid groups (broad SMARTS) is 2. The molecular weight excluding hydrogens is 354 g/mol. The number of nitrogens with one attached hydrogen (secondary N) is 2. The molecule has 0 aliphatic carbocycles. The number of aliphatic carboxylic acids is 2. The van der Waals surface area contributed by atoms with Crippen molar-refractivity contribution in [2.45, 2.75) is 6.04 Å². The lowest BCUT2D eigenvalue weighted by molar-refractivity contribution is -0.145. The molecule has 4 N–H and O–H groups in total. The van der Waals surface area contributed by atoms with Crippen LogP contribution in [0.2, 0.25) is 0 Å². The molecule has 1 aliphatic heterocycles. The molecular formula is C18H19N3O6. The second-order valence-electron chi connectivity index (χ2n) is 6.05. The van der Waals surface area contributed by atoms with E-state index in [2.05, 4.69) is 10.3 Å². The Morgan fingerprint density at radius 1 is 1.19 bits per heavy atom. The first-order valence-corrected chi connectivity index (χ1v) is 8.33. The van der Waals surface area contributed by atoms with Crippen molar-refractivity contribution in [3.05, 3.63) is 42.1 Å². The van der Waals surface area contributed by atoms with Gasteiger partial charge in [-0.3, -0.25) is 14.5 Å². The van der Waals surface area contributed by atoms with Gasteiger partial charge in [0.1, 0.15) is 6.04 Å². The molecule has 1 atom stereocenters. The van der Waals surface area contributed by atoms with Gasteiger partial charge in [-0.15, -0.1) is 0 Å². The van der Waals surface area contributed by atoms with E-state index in [0.717, 1.165) is 17.7 Å². The number of carbonyl (C=O) groups is 3. The number of carboxylic acids is 2. The fourth-order valence-corrected chi connectivity index (χ4v) is 3.10. The van der Waals surface area contributed by atoms with E-state index in [0.29, 0.717) is 42.9 Å². The number of aromatic amines is 1. The van der Waals surface area contributed by atoms with E-state index in [1.54, 1.807) is 24.4 Å². The Kier molecular flexibility index (Phi) is 5.53. The first-order valence-electron chi connectivity index (χ1n) is 8.33. The van der Waals surface area contributed by atoms with Crippen LogP contribution in [-0.4, -0.2) is 64.2 Å². The molecule has 1 aliphatic rings. The maximum atomic E-state index is 11.9. The van der Waals surface area contributed by atoms with Gasteiger partial charge in [-0.05, 0) is 18.2 Å². The quantitative estimate of drug-likeness (QED) is 0.560. The highest BCUT2D eigenvalue weighted by Crippen LogP contribution is 2.31. The molecule has 1 saturated heterocycles. The summed E-state index contributed by atoms with van der Waals surface area (Å²) in [5.41, 5.74) is 1.77. The number of morpholine rings is 1. The number of hydrogen-bond acceptors (Lipinski definition) is 5. The molecule has 9 heteroatoms. The number of aromatic nitrogens is 1. The Morgan fingerprint density at radius 3 is 2.59 bits per heavy atom. The molecule has 0 saturated carbocycles. The number of H-pyrrole nitrogens is 1. The van der Waals surface area contributed by atoms with Crippen molar-refractivity contribution in [3.63, 3.8) is 0 Å². The molecule has 1 aromatic carbocycles. The summed E-state index contributed by atoms with van der Waals surface area (Å²) in [6, 6.07) is 4.22. The summed E-state index contributed by atoms with van der Waals surface area (Å²) in [5.74, 6) is -2.77. The number of anilines is 1. The largest absolute Gasteiger partial charge is 0.480 e. The van der Waals surface area contributed by atoms with E-state index in [1.165, 1.54) is 0 Å². The van der Waals surface area contributed by atoms with Gasteiger partial charge in [0.25, 0.3) is 0 Å². The molecule has 3 rings (SSSR count). The van der Waals surface area contributed by atoms with E-state index < -0.39 is 23.9 Å². The summed E-state index contributed by atoms with van der Waals surface area (Å²) in [6.07, 6.45) is 3.32. The maximum Gasteiger partial charge on any atom is 0.328 e. The van der Waals surface area contributed by atoms with Gasteiger partial charge in [0.05, 0.1) is 13.2 Å². The van der Waals surface area contributed by atoms with Gasteiger partial charge in [0.15, 0.2) is 0 Å². The molecule has 1 aromatic heterocycles. The van der Waals surface area contributed by atoms with Gasteiger partial charge in [-0.1, -0.05) is 0 Å². The van der Waals surface area contributed by atoms with E-state index in [9.17, 15) is 19.5 Å². The number of nitrogens with zero attached hydrogens (tertiary/aromatic N) is 1. The van der Waals surface area contributed by atoms with Crippen LogP contribution < -0.4 is 5.32 Å². The Morgan fingerprint density at radius 2 is 1.93 bits per heavy atom. The summed E-state index contributed by atoms with van der Waals surface area (Å²) >= 11 is 0. The van der Waals surface area contributed by atoms with Crippen molar-refractivity contribution in [2.75, 3.05) is 31.6 Å². The van der Waals surface area contributed by atoms with Crippen molar-refractivity contribution in [1.82, 2.24) is 9.88 Å². The van der Waals surface area contributed by atoms with Gasteiger partial charge in [-0.25, -0.2) is 4.79 Å². The summed E-state index contributed by atoms with van der Waals surface area (Å²) in [6.45, 7) is 1.98. The van der Waals surface area contributed by atoms with Gasteiger partial charge in [0.2, 0.25) is 5.91 Å². The van der Waals surface area contributed by atoms with Gasteiger partial charge >= 0.3 is 11.9 Å². The molecule has 0 unspecified atom stereocenters. The first-order chi connectivity index (χ1) is 13.0. The average molecular weight is 373 g/mol. The van der Waals surface area contributed by atoms with E-state index in [-0.39, 0.29) is 0 Å². The van der Waals surface area contributed by atoms with Crippen LogP contribution in [0.1, 0.15) is 11.6 Å². The lowest BCUT2D eigenvalue weighted by atomic mass is 10.0. The highest BCUT2D eigenvalue weighted by Gasteiger charge is 2.30. The van der Waals surface area contributed by atoms with Crippen molar-refractivity contribution < 1.29 is 29.3 Å². The predicted molar refractivity (Wildman–Crippen MR) is 96.5 cm³/mol. The number of rotatable bonds is 6. The van der Waals surface area contributed by atoms with E-state index in [1.807, 2.05) is 4.90 Å². The van der Waals surface area contributed by atoms with Gasteiger partial charge in [0, 0.05) is 53.6 Å². The Labute approximate surface area is 154 Å². The normalized spacial score (nSPS) is 16.4. The van der Waals surface area contributed by atoms with Crippen LogP contribution in [0.3, 0.4) is 0 Å². The number of benzene rings is 1. The number of carbonyl (C=O) groups excluding carboxylic acids is 1. The van der Waals surface area contributed by atoms with E-state index >= 15 is 0 Å². The highest BCUT2D eigenvalue weighted by molar-refractivity contribution is 6.03. The molecule has 0 radical (unpaired) electrons. The third-order valence-electron chi connectivity index (χ3n) is 4.30. The molecule has 0 spiro atoms. The van der Waals surface area contributed by atoms with Crippen LogP contribution >= 0.6 is 0 Å². The third-order valence-corrected chi connectivity index (χ3v) is 4.30. The van der Waals surface area contributed by atoms with E-state index in [4.69, 9.17) is 9.84 Å². The van der Waals surface area contributed by atoms with Crippen LogP contribution in [0.25, 0.3) is 10.9 Å². The van der Waals surface area contributed by atoms with Gasteiger partial charge in [-0.2, -0.15) is 0 Å². The predicted octanol–water partition coefficient (Wildman–Crippen LogP) is 1.21. The van der Waals surface area contributed by atoms with Crippen LogP contribution in [0, 0.1) is 0 Å². The fraction of sp³-hybridized carbons (Fsp3) is 0.278. The second-order valence-corrected chi connectivity index (χ2v) is 6.05. The number of hydrogen-bond donors (Lipinski definition) is 4. The third kappa shape index (κ3) is 4.33. The smallest absolute Gasteiger partial charge is 0.328 e. The molecule has 2 heterocycles. The minimum atomic E-state index is -1.22. The summed E-state index contributed by atoms with van der Waals surface area (Å²) in [7, 11) is 0. The van der Waals surface area contributed by atoms with Crippen LogP contribution in [0.5, 0.6) is 0 Å². The first kappa shape index (κ1) is 18.6. The number of ether oxygens (including phenoxy) is 1. The molecule has 1 amide bonds. The zero-order valence-electron chi connectivity index (χ0n) is 14.3. The fourth-order valence-electron chi connectivity index (χ4n) is 3.10. The van der Waals surface area contributed by atoms with Crippen LogP contribution in [-0.2, 0) is 19.1 Å². The molecule has 2 aromatic rings.